The van der Waals surface area contributed by atoms with Crippen molar-refractivity contribution in [2.75, 3.05) is 7.11 Å². The molecule has 0 heterocycles. The number of ether oxygens (including phenoxy) is 1. The number of nitrogens with zero attached hydrogens (tertiary/aromatic N) is 1. The normalized spacial score (nSPS) is 14.6. The van der Waals surface area contributed by atoms with E-state index in [0.29, 0.717) is 0 Å². The fraction of sp³-hybridized carbons (Fsp3) is 0.462. The first-order valence-electron chi connectivity index (χ1n) is 5.77. The van der Waals surface area contributed by atoms with Crippen molar-refractivity contribution in [3.63, 3.8) is 0 Å². The van der Waals surface area contributed by atoms with E-state index < -0.39 is 27.8 Å². The lowest BCUT2D eigenvalue weighted by atomic mass is 10.1. The van der Waals surface area contributed by atoms with E-state index in [4.69, 9.17) is 4.74 Å². The number of hydrogen-bond acceptors (Lipinski definition) is 3. The molecule has 0 amide bonds. The van der Waals surface area contributed by atoms with E-state index in [1.807, 2.05) is 0 Å². The van der Waals surface area contributed by atoms with Crippen LogP contribution in [-0.4, -0.2) is 22.6 Å². The third-order valence-electron chi connectivity index (χ3n) is 2.37. The molecule has 0 aromatic heterocycles. The second-order valence-corrected chi connectivity index (χ2v) is 6.95. The molecule has 0 bridgehead atoms. The Kier molecular flexibility index (Phi) is 5.10. The molecule has 20 heavy (non-hydrogen) atoms. The minimum absolute atomic E-state index is 0.172. The zero-order valence-electron chi connectivity index (χ0n) is 11.6. The van der Waals surface area contributed by atoms with Gasteiger partial charge in [0.25, 0.3) is 0 Å². The number of hydrogen-bond donors (Lipinski definition) is 0. The van der Waals surface area contributed by atoms with Crippen LogP contribution in [0.2, 0.25) is 0 Å². The lowest BCUT2D eigenvalue weighted by molar-refractivity contribution is -0.138. The van der Waals surface area contributed by atoms with Gasteiger partial charge < -0.3 is 9.29 Å². The van der Waals surface area contributed by atoms with Crippen LogP contribution in [0.25, 0.3) is 0 Å². The largest absolute Gasteiger partial charge is 0.591 e. The van der Waals surface area contributed by atoms with Crippen LogP contribution in [-0.2, 0) is 17.5 Å². The summed E-state index contributed by atoms with van der Waals surface area (Å²) >= 11 is -1.62. The van der Waals surface area contributed by atoms with Gasteiger partial charge in [-0.25, -0.2) is 0 Å². The van der Waals surface area contributed by atoms with Crippen LogP contribution in [0.4, 0.5) is 13.2 Å². The standard InChI is InChI=1S/C13H16F3NO2S/c1-12(2,3)20(18)17-8-9-6-5-7-10(19-4)11(9)13(14,15)16/h5-8H,1-4H3/b17-8+. The summed E-state index contributed by atoms with van der Waals surface area (Å²) in [7, 11) is 1.17. The molecule has 0 saturated heterocycles. The van der Waals surface area contributed by atoms with Crippen molar-refractivity contribution in [3.8, 4) is 5.75 Å². The topological polar surface area (TPSA) is 44.6 Å². The van der Waals surface area contributed by atoms with E-state index in [9.17, 15) is 17.7 Å². The summed E-state index contributed by atoms with van der Waals surface area (Å²) in [6.07, 6.45) is -3.59. The molecule has 1 rings (SSSR count). The van der Waals surface area contributed by atoms with Gasteiger partial charge in [0, 0.05) is 5.56 Å². The zero-order valence-corrected chi connectivity index (χ0v) is 12.4. The molecule has 1 atom stereocenters. The Balaban J connectivity index is 3.23. The van der Waals surface area contributed by atoms with Crippen LogP contribution in [0.5, 0.6) is 5.75 Å². The Morgan fingerprint density at radius 1 is 1.25 bits per heavy atom. The third kappa shape index (κ3) is 4.14. The summed E-state index contributed by atoms with van der Waals surface area (Å²) in [5.74, 6) is -0.289. The van der Waals surface area contributed by atoms with E-state index in [0.717, 1.165) is 6.21 Å². The highest BCUT2D eigenvalue weighted by molar-refractivity contribution is 7.91. The molecule has 0 radical (unpaired) electrons. The van der Waals surface area contributed by atoms with Crippen molar-refractivity contribution in [1.29, 1.82) is 0 Å². The Hall–Kier alpha value is -1.21. The quantitative estimate of drug-likeness (QED) is 0.632. The average molecular weight is 307 g/mol. The van der Waals surface area contributed by atoms with Gasteiger partial charge in [-0.15, -0.1) is 0 Å². The van der Waals surface area contributed by atoms with Crippen molar-refractivity contribution >= 4 is 17.6 Å². The summed E-state index contributed by atoms with van der Waals surface area (Å²) in [5.41, 5.74) is -1.09. The molecule has 0 aliphatic carbocycles. The number of alkyl halides is 3. The van der Waals surface area contributed by atoms with E-state index >= 15 is 0 Å². The van der Waals surface area contributed by atoms with E-state index in [2.05, 4.69) is 4.40 Å². The Labute approximate surface area is 119 Å². The molecule has 112 valence electrons. The van der Waals surface area contributed by atoms with Crippen molar-refractivity contribution in [2.45, 2.75) is 31.7 Å². The summed E-state index contributed by atoms with van der Waals surface area (Å²) in [6, 6.07) is 3.91. The maximum absolute atomic E-state index is 13.0. The van der Waals surface area contributed by atoms with Gasteiger partial charge >= 0.3 is 6.18 Å². The number of methoxy groups -OCH3 is 1. The minimum atomic E-state index is -4.57. The Bertz CT molecular complexity index is 495. The average Bonchev–Trinajstić information content (AvgIpc) is 2.32. The monoisotopic (exact) mass is 307 g/mol. The summed E-state index contributed by atoms with van der Waals surface area (Å²) in [4.78, 5) is 0. The van der Waals surface area contributed by atoms with Crippen LogP contribution >= 0.6 is 0 Å². The SMILES string of the molecule is COc1cccc(/C=N/[S+]([O-])C(C)(C)C)c1C(F)(F)F. The molecular weight excluding hydrogens is 291 g/mol. The van der Waals surface area contributed by atoms with Crippen molar-refractivity contribution in [2.24, 2.45) is 4.40 Å². The lowest BCUT2D eigenvalue weighted by Crippen LogP contribution is -2.26. The molecule has 3 nitrogen and oxygen atoms in total. The molecule has 7 heteroatoms. The number of benzene rings is 1. The first-order chi connectivity index (χ1) is 9.07. The van der Waals surface area contributed by atoms with Gasteiger partial charge in [-0.3, -0.25) is 0 Å². The van der Waals surface area contributed by atoms with Crippen molar-refractivity contribution in [1.82, 2.24) is 0 Å². The van der Waals surface area contributed by atoms with E-state index in [1.165, 1.54) is 25.3 Å². The molecule has 0 fully saturated rings. The molecule has 1 aromatic carbocycles. The second kappa shape index (κ2) is 6.05. The van der Waals surface area contributed by atoms with Crippen molar-refractivity contribution < 1.29 is 22.5 Å². The first-order valence-corrected chi connectivity index (χ1v) is 6.88. The van der Waals surface area contributed by atoms with Gasteiger partial charge in [0.15, 0.2) is 0 Å². The fourth-order valence-corrected chi connectivity index (χ4v) is 1.92. The van der Waals surface area contributed by atoms with Gasteiger partial charge in [-0.1, -0.05) is 16.5 Å². The molecule has 0 N–H and O–H groups in total. The second-order valence-electron chi connectivity index (χ2n) is 5.02. The van der Waals surface area contributed by atoms with Crippen LogP contribution in [0, 0.1) is 0 Å². The maximum atomic E-state index is 13.0. The molecule has 0 saturated carbocycles. The number of rotatable bonds is 3. The Morgan fingerprint density at radius 2 is 1.85 bits per heavy atom. The number of halogens is 3. The maximum Gasteiger partial charge on any atom is 0.420 e. The minimum Gasteiger partial charge on any atom is -0.591 e. The molecule has 1 unspecified atom stereocenters. The van der Waals surface area contributed by atoms with Crippen LogP contribution in [0.3, 0.4) is 0 Å². The lowest BCUT2D eigenvalue weighted by Gasteiger charge is -2.18. The summed E-state index contributed by atoms with van der Waals surface area (Å²) in [5, 5.41) is 0. The van der Waals surface area contributed by atoms with Gasteiger partial charge in [-0.05, 0) is 26.8 Å². The highest BCUT2D eigenvalue weighted by atomic mass is 32.2. The highest BCUT2D eigenvalue weighted by Crippen LogP contribution is 2.38. The van der Waals surface area contributed by atoms with Gasteiger partial charge in [-0.2, -0.15) is 13.2 Å². The fourth-order valence-electron chi connectivity index (χ4n) is 1.39. The van der Waals surface area contributed by atoms with Gasteiger partial charge in [0.1, 0.15) is 27.4 Å². The van der Waals surface area contributed by atoms with Crippen molar-refractivity contribution in [3.05, 3.63) is 29.3 Å². The van der Waals surface area contributed by atoms with Crippen LogP contribution < -0.4 is 4.74 Å². The molecular formula is C13H16F3NO2S. The van der Waals surface area contributed by atoms with Crippen LogP contribution in [0.15, 0.2) is 22.6 Å². The van der Waals surface area contributed by atoms with Gasteiger partial charge in [0.05, 0.1) is 13.3 Å². The summed E-state index contributed by atoms with van der Waals surface area (Å²) in [6.45, 7) is 5.07. The third-order valence-corrected chi connectivity index (χ3v) is 3.72. The predicted molar refractivity (Wildman–Crippen MR) is 73.5 cm³/mol. The molecule has 0 aliphatic rings. The summed E-state index contributed by atoms with van der Waals surface area (Å²) < 4.78 is 58.7. The first kappa shape index (κ1) is 16.8. The molecule has 0 aliphatic heterocycles. The smallest absolute Gasteiger partial charge is 0.420 e. The highest BCUT2D eigenvalue weighted by Gasteiger charge is 2.37. The van der Waals surface area contributed by atoms with E-state index in [1.54, 1.807) is 20.8 Å². The zero-order chi connectivity index (χ0) is 15.6. The van der Waals surface area contributed by atoms with E-state index in [-0.39, 0.29) is 11.3 Å². The van der Waals surface area contributed by atoms with Gasteiger partial charge in [0.2, 0.25) is 0 Å². The van der Waals surface area contributed by atoms with Crippen LogP contribution in [0.1, 0.15) is 31.9 Å². The predicted octanol–water partition coefficient (Wildman–Crippen LogP) is 3.60. The Morgan fingerprint density at radius 3 is 2.30 bits per heavy atom. The molecule has 1 aromatic rings. The molecule has 0 spiro atoms.